The van der Waals surface area contributed by atoms with Gasteiger partial charge in [0.15, 0.2) is 0 Å². The highest BCUT2D eigenvalue weighted by Crippen LogP contribution is 2.27. The van der Waals surface area contributed by atoms with Crippen molar-refractivity contribution in [2.75, 3.05) is 24.5 Å². The number of thiophene rings is 1. The Balaban J connectivity index is 1.29. The summed E-state index contributed by atoms with van der Waals surface area (Å²) in [7, 11) is 0. The van der Waals surface area contributed by atoms with Crippen molar-refractivity contribution < 1.29 is 4.79 Å². The van der Waals surface area contributed by atoms with Crippen LogP contribution in [-0.2, 0) is 17.8 Å². The molecule has 5 nitrogen and oxygen atoms in total. The molecule has 4 rings (SSSR count). The van der Waals surface area contributed by atoms with Crippen LogP contribution >= 0.6 is 11.3 Å². The molecule has 2 aromatic heterocycles. The van der Waals surface area contributed by atoms with Crippen molar-refractivity contribution in [3.8, 4) is 0 Å². The van der Waals surface area contributed by atoms with Gasteiger partial charge in [0.05, 0.1) is 0 Å². The molecule has 0 saturated carbocycles. The number of hydrogen-bond donors (Lipinski definition) is 0. The van der Waals surface area contributed by atoms with Crippen molar-refractivity contribution in [1.29, 1.82) is 0 Å². The van der Waals surface area contributed by atoms with Crippen LogP contribution in [0.15, 0.2) is 23.7 Å². The van der Waals surface area contributed by atoms with Gasteiger partial charge in [-0.15, -0.1) is 11.3 Å². The Kier molecular flexibility index (Phi) is 4.70. The molecule has 4 heterocycles. The standard InChI is InChI=1S/C19H24N4OS/c1-14-20-7-2-18(21-14)22-8-3-15(4-9-22)12-19(24)23-10-5-17-16(13-23)6-11-25-17/h2,6-7,11,15H,3-5,8-10,12-13H2,1H3. The van der Waals surface area contributed by atoms with Crippen LogP contribution in [0, 0.1) is 12.8 Å². The second-order valence-electron chi connectivity index (χ2n) is 7.03. The van der Waals surface area contributed by atoms with Gasteiger partial charge in [-0.05, 0) is 55.2 Å². The second kappa shape index (κ2) is 7.12. The lowest BCUT2D eigenvalue weighted by Crippen LogP contribution is -2.39. The number of rotatable bonds is 3. The molecule has 6 heteroatoms. The van der Waals surface area contributed by atoms with E-state index in [2.05, 4.69) is 31.2 Å². The zero-order chi connectivity index (χ0) is 17.2. The maximum Gasteiger partial charge on any atom is 0.223 e. The first kappa shape index (κ1) is 16.5. The minimum atomic E-state index is 0.327. The minimum Gasteiger partial charge on any atom is -0.356 e. The molecule has 1 saturated heterocycles. The third kappa shape index (κ3) is 3.68. The van der Waals surface area contributed by atoms with Gasteiger partial charge in [-0.25, -0.2) is 9.97 Å². The molecular weight excluding hydrogens is 332 g/mol. The fourth-order valence-corrected chi connectivity index (χ4v) is 4.71. The SMILES string of the molecule is Cc1nccc(N2CCC(CC(=O)N3CCc4sccc4C3)CC2)n1. The second-order valence-corrected chi connectivity index (χ2v) is 8.03. The first-order valence-electron chi connectivity index (χ1n) is 9.06. The van der Waals surface area contributed by atoms with Crippen LogP contribution in [0.25, 0.3) is 0 Å². The predicted molar refractivity (Wildman–Crippen MR) is 99.8 cm³/mol. The van der Waals surface area contributed by atoms with E-state index in [1.807, 2.05) is 30.5 Å². The Morgan fingerprint density at radius 3 is 2.92 bits per heavy atom. The van der Waals surface area contributed by atoms with Gasteiger partial charge in [0.1, 0.15) is 11.6 Å². The topological polar surface area (TPSA) is 49.3 Å². The monoisotopic (exact) mass is 356 g/mol. The highest BCUT2D eigenvalue weighted by atomic mass is 32.1. The Hall–Kier alpha value is -1.95. The number of anilines is 1. The van der Waals surface area contributed by atoms with Crippen molar-refractivity contribution in [3.63, 3.8) is 0 Å². The van der Waals surface area contributed by atoms with E-state index in [1.54, 1.807) is 0 Å². The molecule has 0 aliphatic carbocycles. The lowest BCUT2D eigenvalue weighted by atomic mass is 9.92. The average Bonchev–Trinajstić information content (AvgIpc) is 3.10. The predicted octanol–water partition coefficient (Wildman–Crippen LogP) is 3.04. The number of hydrogen-bond acceptors (Lipinski definition) is 5. The van der Waals surface area contributed by atoms with Crippen LogP contribution in [-0.4, -0.2) is 40.4 Å². The number of carbonyl (C=O) groups is 1. The van der Waals surface area contributed by atoms with Crippen LogP contribution < -0.4 is 4.90 Å². The van der Waals surface area contributed by atoms with E-state index in [0.29, 0.717) is 18.2 Å². The maximum absolute atomic E-state index is 12.7. The highest BCUT2D eigenvalue weighted by molar-refractivity contribution is 7.10. The number of carbonyl (C=O) groups excluding carboxylic acids is 1. The van der Waals surface area contributed by atoms with Gasteiger partial charge < -0.3 is 9.80 Å². The summed E-state index contributed by atoms with van der Waals surface area (Å²) in [5.41, 5.74) is 1.35. The number of fused-ring (bicyclic) bond motifs is 1. The van der Waals surface area contributed by atoms with E-state index in [-0.39, 0.29) is 0 Å². The fourth-order valence-electron chi connectivity index (χ4n) is 3.82. The van der Waals surface area contributed by atoms with Crippen molar-refractivity contribution in [2.45, 2.75) is 39.2 Å². The summed E-state index contributed by atoms with van der Waals surface area (Å²) >= 11 is 1.82. The molecule has 0 spiro atoms. The number of nitrogens with zero attached hydrogens (tertiary/aromatic N) is 4. The van der Waals surface area contributed by atoms with Gasteiger partial charge >= 0.3 is 0 Å². The molecule has 0 unspecified atom stereocenters. The minimum absolute atomic E-state index is 0.327. The zero-order valence-corrected chi connectivity index (χ0v) is 15.5. The first-order valence-corrected chi connectivity index (χ1v) is 9.94. The average molecular weight is 356 g/mol. The van der Waals surface area contributed by atoms with E-state index in [0.717, 1.165) is 57.1 Å². The van der Waals surface area contributed by atoms with Gasteiger partial charge in [0.2, 0.25) is 5.91 Å². The smallest absolute Gasteiger partial charge is 0.223 e. The molecule has 25 heavy (non-hydrogen) atoms. The molecule has 132 valence electrons. The largest absolute Gasteiger partial charge is 0.356 e. The van der Waals surface area contributed by atoms with E-state index in [4.69, 9.17) is 0 Å². The van der Waals surface area contributed by atoms with Crippen molar-refractivity contribution in [3.05, 3.63) is 40.0 Å². The molecule has 2 aliphatic rings. The van der Waals surface area contributed by atoms with Crippen LogP contribution in [0.4, 0.5) is 5.82 Å². The molecule has 1 fully saturated rings. The van der Waals surface area contributed by atoms with Crippen LogP contribution in [0.2, 0.25) is 0 Å². The Bertz CT molecular complexity index is 751. The normalized spacial score (nSPS) is 18.3. The summed E-state index contributed by atoms with van der Waals surface area (Å²) in [6.07, 6.45) is 5.65. The van der Waals surface area contributed by atoms with E-state index in [1.165, 1.54) is 10.4 Å². The van der Waals surface area contributed by atoms with Crippen molar-refractivity contribution in [1.82, 2.24) is 14.9 Å². The Morgan fingerprint density at radius 1 is 1.28 bits per heavy atom. The van der Waals surface area contributed by atoms with Crippen LogP contribution in [0.1, 0.15) is 35.5 Å². The van der Waals surface area contributed by atoms with Crippen LogP contribution in [0.3, 0.4) is 0 Å². The van der Waals surface area contributed by atoms with Gasteiger partial charge in [-0.2, -0.15) is 0 Å². The summed E-state index contributed by atoms with van der Waals surface area (Å²) in [4.78, 5) is 27.2. The number of aromatic nitrogens is 2. The van der Waals surface area contributed by atoms with Gasteiger partial charge in [-0.1, -0.05) is 0 Å². The molecule has 0 bridgehead atoms. The molecule has 0 aromatic carbocycles. The lowest BCUT2D eigenvalue weighted by molar-refractivity contribution is -0.133. The van der Waals surface area contributed by atoms with Gasteiger partial charge in [0.25, 0.3) is 0 Å². The quantitative estimate of drug-likeness (QED) is 0.848. The summed E-state index contributed by atoms with van der Waals surface area (Å²) < 4.78 is 0. The summed E-state index contributed by atoms with van der Waals surface area (Å²) in [6, 6.07) is 4.15. The lowest BCUT2D eigenvalue weighted by Gasteiger charge is -2.34. The first-order chi connectivity index (χ1) is 12.2. The van der Waals surface area contributed by atoms with Crippen LogP contribution in [0.5, 0.6) is 0 Å². The van der Waals surface area contributed by atoms with Gasteiger partial charge in [0, 0.05) is 43.7 Å². The molecule has 0 radical (unpaired) electrons. The maximum atomic E-state index is 12.7. The third-order valence-corrected chi connectivity index (χ3v) is 6.35. The fraction of sp³-hybridized carbons (Fsp3) is 0.526. The Morgan fingerprint density at radius 2 is 2.12 bits per heavy atom. The van der Waals surface area contributed by atoms with Crippen molar-refractivity contribution in [2.24, 2.45) is 5.92 Å². The Labute approximate surface area is 152 Å². The van der Waals surface area contributed by atoms with E-state index < -0.39 is 0 Å². The highest BCUT2D eigenvalue weighted by Gasteiger charge is 2.26. The summed E-state index contributed by atoms with van der Waals surface area (Å²) in [5.74, 6) is 2.65. The van der Waals surface area contributed by atoms with E-state index >= 15 is 0 Å². The molecule has 0 N–H and O–H groups in total. The molecule has 1 amide bonds. The van der Waals surface area contributed by atoms with E-state index in [9.17, 15) is 4.79 Å². The molecule has 0 atom stereocenters. The third-order valence-electron chi connectivity index (χ3n) is 5.32. The molecular formula is C19H24N4OS. The van der Waals surface area contributed by atoms with Crippen molar-refractivity contribution >= 4 is 23.1 Å². The zero-order valence-electron chi connectivity index (χ0n) is 14.6. The van der Waals surface area contributed by atoms with Gasteiger partial charge in [-0.3, -0.25) is 4.79 Å². The number of piperidine rings is 1. The molecule has 2 aliphatic heterocycles. The summed E-state index contributed by atoms with van der Waals surface area (Å²) in [6.45, 7) is 5.56. The summed E-state index contributed by atoms with van der Waals surface area (Å²) in [5, 5.41) is 2.14. The number of amides is 1. The number of aryl methyl sites for hydroxylation is 1. The molecule has 2 aromatic rings.